The van der Waals surface area contributed by atoms with Crippen molar-refractivity contribution in [2.45, 2.75) is 73.6 Å². The van der Waals surface area contributed by atoms with Crippen LogP contribution in [0.15, 0.2) is 0 Å². The zero-order chi connectivity index (χ0) is 13.0. The summed E-state index contributed by atoms with van der Waals surface area (Å²) in [6.45, 7) is 15.7. The fraction of sp³-hybridized carbons (Fsp3) is 1.00. The van der Waals surface area contributed by atoms with Crippen LogP contribution in [0, 0.1) is 5.41 Å². The standard InChI is InChI=1S/C13H29N.C2H6/c1-6-9-11-13(4,10-7-2)12-14(5)8-3;1-2/h6-12H2,1-5H3;1-2H3. The number of nitrogens with zero attached hydrogens (tertiary/aromatic N) is 1. The van der Waals surface area contributed by atoms with E-state index in [0.717, 1.165) is 0 Å². The molecule has 0 saturated heterocycles. The fourth-order valence-corrected chi connectivity index (χ4v) is 2.25. The van der Waals surface area contributed by atoms with Gasteiger partial charge < -0.3 is 4.90 Å². The number of unbranched alkanes of at least 4 members (excludes halogenated alkanes) is 1. The molecule has 0 heterocycles. The fourth-order valence-electron chi connectivity index (χ4n) is 2.25. The van der Waals surface area contributed by atoms with Crippen molar-refractivity contribution in [2.24, 2.45) is 5.41 Å². The first-order valence-corrected chi connectivity index (χ1v) is 7.26. The minimum Gasteiger partial charge on any atom is -0.306 e. The predicted molar refractivity (Wildman–Crippen MR) is 77.1 cm³/mol. The summed E-state index contributed by atoms with van der Waals surface area (Å²) in [4.78, 5) is 2.45. The molecule has 1 nitrogen and oxygen atoms in total. The molecule has 0 rings (SSSR count). The average molecular weight is 229 g/mol. The number of rotatable bonds is 8. The largest absolute Gasteiger partial charge is 0.306 e. The molecule has 0 aromatic heterocycles. The van der Waals surface area contributed by atoms with Crippen molar-refractivity contribution >= 4 is 0 Å². The van der Waals surface area contributed by atoms with Crippen molar-refractivity contribution in [3.8, 4) is 0 Å². The van der Waals surface area contributed by atoms with Gasteiger partial charge in [-0.25, -0.2) is 0 Å². The third-order valence-corrected chi connectivity index (χ3v) is 3.18. The first kappa shape index (κ1) is 18.3. The van der Waals surface area contributed by atoms with Gasteiger partial charge in [-0.3, -0.25) is 0 Å². The van der Waals surface area contributed by atoms with Crippen LogP contribution >= 0.6 is 0 Å². The highest BCUT2D eigenvalue weighted by atomic mass is 15.1. The highest BCUT2D eigenvalue weighted by molar-refractivity contribution is 4.76. The summed E-state index contributed by atoms with van der Waals surface area (Å²) in [5.41, 5.74) is 0.551. The molecule has 0 aliphatic carbocycles. The maximum absolute atomic E-state index is 2.46. The van der Waals surface area contributed by atoms with Gasteiger partial charge in [0, 0.05) is 6.54 Å². The minimum atomic E-state index is 0.551. The van der Waals surface area contributed by atoms with Gasteiger partial charge in [0.25, 0.3) is 0 Å². The van der Waals surface area contributed by atoms with Gasteiger partial charge in [-0.1, -0.05) is 60.8 Å². The van der Waals surface area contributed by atoms with Crippen molar-refractivity contribution in [1.29, 1.82) is 0 Å². The Hall–Kier alpha value is -0.0400. The molecule has 0 bridgehead atoms. The Bertz CT molecular complexity index is 133. The van der Waals surface area contributed by atoms with Gasteiger partial charge in [-0.15, -0.1) is 0 Å². The van der Waals surface area contributed by atoms with Gasteiger partial charge in [-0.05, 0) is 31.8 Å². The molecule has 1 atom stereocenters. The van der Waals surface area contributed by atoms with Crippen molar-refractivity contribution in [1.82, 2.24) is 4.90 Å². The molecule has 0 aromatic rings. The van der Waals surface area contributed by atoms with Crippen LogP contribution in [-0.4, -0.2) is 25.0 Å². The van der Waals surface area contributed by atoms with E-state index in [4.69, 9.17) is 0 Å². The van der Waals surface area contributed by atoms with Gasteiger partial charge in [0.05, 0.1) is 0 Å². The van der Waals surface area contributed by atoms with E-state index in [0.29, 0.717) is 5.41 Å². The highest BCUT2D eigenvalue weighted by Crippen LogP contribution is 2.30. The molecule has 1 unspecified atom stereocenters. The lowest BCUT2D eigenvalue weighted by atomic mass is 9.80. The van der Waals surface area contributed by atoms with Crippen molar-refractivity contribution in [3.63, 3.8) is 0 Å². The zero-order valence-electron chi connectivity index (χ0n) is 12.9. The molecule has 0 aromatic carbocycles. The number of hydrogen-bond acceptors (Lipinski definition) is 1. The molecule has 100 valence electrons. The topological polar surface area (TPSA) is 3.24 Å². The molecule has 0 radical (unpaired) electrons. The van der Waals surface area contributed by atoms with E-state index < -0.39 is 0 Å². The Kier molecular flexibility index (Phi) is 13.1. The third kappa shape index (κ3) is 9.21. The van der Waals surface area contributed by atoms with Crippen LogP contribution in [0.3, 0.4) is 0 Å². The summed E-state index contributed by atoms with van der Waals surface area (Å²) in [7, 11) is 2.24. The quantitative estimate of drug-likeness (QED) is 0.568. The molecule has 0 amide bonds. The molecular weight excluding hydrogens is 194 g/mol. The summed E-state index contributed by atoms with van der Waals surface area (Å²) in [6, 6.07) is 0. The molecule has 0 spiro atoms. The lowest BCUT2D eigenvalue weighted by Gasteiger charge is -2.33. The lowest BCUT2D eigenvalue weighted by molar-refractivity contribution is 0.167. The summed E-state index contributed by atoms with van der Waals surface area (Å²) in [5, 5.41) is 0. The van der Waals surface area contributed by atoms with E-state index in [1.807, 2.05) is 13.8 Å². The monoisotopic (exact) mass is 229 g/mol. The summed E-state index contributed by atoms with van der Waals surface area (Å²) in [5.74, 6) is 0. The van der Waals surface area contributed by atoms with E-state index >= 15 is 0 Å². The van der Waals surface area contributed by atoms with Gasteiger partial charge >= 0.3 is 0 Å². The van der Waals surface area contributed by atoms with Crippen LogP contribution in [0.2, 0.25) is 0 Å². The van der Waals surface area contributed by atoms with E-state index in [1.165, 1.54) is 45.2 Å². The van der Waals surface area contributed by atoms with Crippen molar-refractivity contribution < 1.29 is 0 Å². The Balaban J connectivity index is 0. The van der Waals surface area contributed by atoms with E-state index in [1.54, 1.807) is 0 Å². The molecule has 0 saturated carbocycles. The second-order valence-electron chi connectivity index (χ2n) is 4.99. The first-order valence-electron chi connectivity index (χ1n) is 7.26. The zero-order valence-corrected chi connectivity index (χ0v) is 12.9. The maximum atomic E-state index is 2.46. The molecule has 0 N–H and O–H groups in total. The predicted octanol–water partition coefficient (Wildman–Crippen LogP) is 4.96. The highest BCUT2D eigenvalue weighted by Gasteiger charge is 2.23. The first-order chi connectivity index (χ1) is 7.58. The lowest BCUT2D eigenvalue weighted by Crippen LogP contribution is -2.33. The van der Waals surface area contributed by atoms with Crippen LogP contribution in [0.4, 0.5) is 0 Å². The summed E-state index contributed by atoms with van der Waals surface area (Å²) in [6.07, 6.45) is 6.79. The Labute approximate surface area is 105 Å². The molecule has 16 heavy (non-hydrogen) atoms. The molecule has 1 heteroatoms. The van der Waals surface area contributed by atoms with Crippen molar-refractivity contribution in [2.75, 3.05) is 20.1 Å². The maximum Gasteiger partial charge on any atom is 0.00322 e. The molecular formula is C15H35N. The second kappa shape index (κ2) is 11.4. The van der Waals surface area contributed by atoms with Crippen LogP contribution < -0.4 is 0 Å². The van der Waals surface area contributed by atoms with Gasteiger partial charge in [0.2, 0.25) is 0 Å². The van der Waals surface area contributed by atoms with E-state index in [9.17, 15) is 0 Å². The van der Waals surface area contributed by atoms with Crippen LogP contribution in [0.1, 0.15) is 73.6 Å². The average Bonchev–Trinajstić information content (AvgIpc) is 2.29. The smallest absolute Gasteiger partial charge is 0.00322 e. The SMILES string of the molecule is CC.CCCCC(C)(CCC)CN(C)CC. The molecule has 0 fully saturated rings. The summed E-state index contributed by atoms with van der Waals surface area (Å²) < 4.78 is 0. The number of hydrogen-bond donors (Lipinski definition) is 0. The van der Waals surface area contributed by atoms with Gasteiger partial charge in [0.15, 0.2) is 0 Å². The van der Waals surface area contributed by atoms with E-state index in [2.05, 4.69) is 39.6 Å². The Morgan fingerprint density at radius 3 is 1.88 bits per heavy atom. The Morgan fingerprint density at radius 1 is 0.938 bits per heavy atom. The minimum absolute atomic E-state index is 0.551. The van der Waals surface area contributed by atoms with Gasteiger partial charge in [0.1, 0.15) is 0 Å². The summed E-state index contributed by atoms with van der Waals surface area (Å²) >= 11 is 0. The van der Waals surface area contributed by atoms with E-state index in [-0.39, 0.29) is 0 Å². The molecule has 0 aliphatic heterocycles. The van der Waals surface area contributed by atoms with Gasteiger partial charge in [-0.2, -0.15) is 0 Å². The second-order valence-corrected chi connectivity index (χ2v) is 4.99. The Morgan fingerprint density at radius 2 is 1.50 bits per heavy atom. The third-order valence-electron chi connectivity index (χ3n) is 3.18. The molecule has 0 aliphatic rings. The van der Waals surface area contributed by atoms with Crippen molar-refractivity contribution in [3.05, 3.63) is 0 Å². The van der Waals surface area contributed by atoms with Crippen LogP contribution in [0.5, 0.6) is 0 Å². The normalized spacial score (nSPS) is 14.2. The van der Waals surface area contributed by atoms with Crippen LogP contribution in [0.25, 0.3) is 0 Å². The van der Waals surface area contributed by atoms with Crippen LogP contribution in [-0.2, 0) is 0 Å².